The maximum Gasteiger partial charge on any atom is 0.233 e. The predicted octanol–water partition coefficient (Wildman–Crippen LogP) is 3.73. The van der Waals surface area contributed by atoms with Crippen LogP contribution in [0.25, 0.3) is 10.2 Å². The fraction of sp³-hybridized carbons (Fsp3) is 0.556. The lowest BCUT2D eigenvalue weighted by atomic mass is 9.97. The van der Waals surface area contributed by atoms with Crippen LogP contribution in [0.1, 0.15) is 43.0 Å². The first-order chi connectivity index (χ1) is 11.8. The number of carbonyl (C=O) groups is 1. The Morgan fingerprint density at radius 1 is 1.36 bits per heavy atom. The van der Waals surface area contributed by atoms with Gasteiger partial charge in [0.1, 0.15) is 21.2 Å². The third-order valence-corrected chi connectivity index (χ3v) is 6.86. The number of hydrogen-bond acceptors (Lipinski definition) is 6. The Bertz CT molecular complexity index is 866. The summed E-state index contributed by atoms with van der Waals surface area (Å²) in [5.74, 6) is 0.953. The van der Waals surface area contributed by atoms with Crippen molar-refractivity contribution in [1.82, 2.24) is 14.9 Å². The quantitative estimate of drug-likeness (QED) is 0.602. The molecule has 0 aliphatic heterocycles. The highest BCUT2D eigenvalue weighted by Crippen LogP contribution is 2.39. The Labute approximate surface area is 156 Å². The number of hydrogen-bond donors (Lipinski definition) is 0. The molecule has 2 heterocycles. The van der Waals surface area contributed by atoms with Crippen LogP contribution < -0.4 is 0 Å². The number of thioether (sulfide) groups is 1. The topological polar surface area (TPSA) is 69.9 Å². The van der Waals surface area contributed by atoms with Gasteiger partial charge in [0, 0.05) is 17.3 Å². The number of aryl methyl sites for hydroxylation is 3. The van der Waals surface area contributed by atoms with Gasteiger partial charge in [0.25, 0.3) is 0 Å². The molecule has 25 heavy (non-hydrogen) atoms. The van der Waals surface area contributed by atoms with Gasteiger partial charge >= 0.3 is 0 Å². The Morgan fingerprint density at radius 3 is 2.80 bits per heavy atom. The number of nitriles is 1. The van der Waals surface area contributed by atoms with E-state index in [4.69, 9.17) is 0 Å². The van der Waals surface area contributed by atoms with Crippen LogP contribution in [0.2, 0.25) is 0 Å². The van der Waals surface area contributed by atoms with Crippen LogP contribution >= 0.6 is 23.1 Å². The van der Waals surface area contributed by atoms with Crippen molar-refractivity contribution in [3.8, 4) is 6.07 Å². The molecule has 2 aromatic heterocycles. The van der Waals surface area contributed by atoms with Crippen molar-refractivity contribution in [3.05, 3.63) is 16.3 Å². The monoisotopic (exact) mass is 374 g/mol. The number of rotatable bonds is 4. The van der Waals surface area contributed by atoms with Crippen molar-refractivity contribution in [3.63, 3.8) is 0 Å². The van der Waals surface area contributed by atoms with Crippen LogP contribution in [0.4, 0.5) is 0 Å². The van der Waals surface area contributed by atoms with Crippen molar-refractivity contribution in [2.75, 3.05) is 12.8 Å². The zero-order chi connectivity index (χ0) is 18.2. The Kier molecular flexibility index (Phi) is 5.03. The molecule has 0 bridgehead atoms. The van der Waals surface area contributed by atoms with Crippen molar-refractivity contribution in [2.24, 2.45) is 0 Å². The summed E-state index contributed by atoms with van der Waals surface area (Å²) in [6.45, 7) is 5.39. The van der Waals surface area contributed by atoms with Crippen LogP contribution in [-0.2, 0) is 17.6 Å². The Balaban J connectivity index is 1.88. The molecule has 1 aliphatic carbocycles. The summed E-state index contributed by atoms with van der Waals surface area (Å²) in [7, 11) is 1.68. The zero-order valence-electron chi connectivity index (χ0n) is 15.0. The van der Waals surface area contributed by atoms with Gasteiger partial charge in [-0.25, -0.2) is 9.97 Å². The molecule has 0 aromatic carbocycles. The van der Waals surface area contributed by atoms with Gasteiger partial charge in [0.2, 0.25) is 5.91 Å². The van der Waals surface area contributed by atoms with Crippen LogP contribution in [-0.4, -0.2) is 39.1 Å². The smallest absolute Gasteiger partial charge is 0.233 e. The van der Waals surface area contributed by atoms with Gasteiger partial charge in [-0.2, -0.15) is 5.26 Å². The second-order valence-electron chi connectivity index (χ2n) is 6.88. The molecular weight excluding hydrogens is 352 g/mol. The minimum absolute atomic E-state index is 0.0648. The molecule has 1 amide bonds. The highest BCUT2D eigenvalue weighted by Gasteiger charge is 2.28. The first-order valence-electron chi connectivity index (χ1n) is 8.43. The van der Waals surface area contributed by atoms with E-state index in [1.54, 1.807) is 32.2 Å². The second kappa shape index (κ2) is 6.93. The molecule has 1 aliphatic rings. The average molecular weight is 375 g/mol. The highest BCUT2D eigenvalue weighted by molar-refractivity contribution is 8.00. The van der Waals surface area contributed by atoms with Crippen LogP contribution in [0.3, 0.4) is 0 Å². The minimum atomic E-state index is -0.809. The number of aromatic nitrogens is 2. The molecule has 7 heteroatoms. The summed E-state index contributed by atoms with van der Waals surface area (Å²) in [5, 5.41) is 11.3. The van der Waals surface area contributed by atoms with E-state index in [-0.39, 0.29) is 11.7 Å². The van der Waals surface area contributed by atoms with Gasteiger partial charge in [-0.05, 0) is 52.0 Å². The fourth-order valence-electron chi connectivity index (χ4n) is 2.94. The van der Waals surface area contributed by atoms with Crippen LogP contribution in [0.5, 0.6) is 0 Å². The van der Waals surface area contributed by atoms with Gasteiger partial charge < -0.3 is 4.90 Å². The largest absolute Gasteiger partial charge is 0.327 e. The van der Waals surface area contributed by atoms with E-state index in [1.165, 1.54) is 39.9 Å². The number of amides is 1. The van der Waals surface area contributed by atoms with E-state index in [9.17, 15) is 10.1 Å². The van der Waals surface area contributed by atoms with E-state index in [2.05, 4.69) is 16.0 Å². The summed E-state index contributed by atoms with van der Waals surface area (Å²) in [6, 6.07) is 2.17. The van der Waals surface area contributed by atoms with Crippen molar-refractivity contribution in [2.45, 2.75) is 57.0 Å². The van der Waals surface area contributed by atoms with Crippen LogP contribution in [0.15, 0.2) is 5.03 Å². The Morgan fingerprint density at radius 2 is 2.08 bits per heavy atom. The normalized spacial score (nSPS) is 14.2. The molecule has 3 rings (SSSR count). The fourth-order valence-corrected chi connectivity index (χ4v) is 5.33. The van der Waals surface area contributed by atoms with E-state index >= 15 is 0 Å². The average Bonchev–Trinajstić information content (AvgIpc) is 2.96. The SMILES string of the molecule is Cc1nc(SCC(=O)N(C)C(C)(C)C#N)c2c3c(sc2n1)CCCC3. The minimum Gasteiger partial charge on any atom is -0.327 e. The maximum absolute atomic E-state index is 12.5. The number of thiophene rings is 1. The molecule has 2 aromatic rings. The summed E-state index contributed by atoms with van der Waals surface area (Å²) in [4.78, 5) is 25.7. The number of nitrogens with zero attached hydrogens (tertiary/aromatic N) is 4. The lowest BCUT2D eigenvalue weighted by molar-refractivity contribution is -0.130. The van der Waals surface area contributed by atoms with Gasteiger partial charge in [-0.3, -0.25) is 4.79 Å². The maximum atomic E-state index is 12.5. The summed E-state index contributed by atoms with van der Waals surface area (Å²) in [6.07, 6.45) is 4.64. The van der Waals surface area contributed by atoms with Crippen molar-refractivity contribution >= 4 is 39.2 Å². The zero-order valence-corrected chi connectivity index (χ0v) is 16.7. The van der Waals surface area contributed by atoms with E-state index in [0.717, 1.165) is 33.9 Å². The van der Waals surface area contributed by atoms with E-state index in [1.807, 2.05) is 6.92 Å². The summed E-state index contributed by atoms with van der Waals surface area (Å²) >= 11 is 3.23. The molecule has 0 spiro atoms. The van der Waals surface area contributed by atoms with E-state index < -0.39 is 5.54 Å². The van der Waals surface area contributed by atoms with Gasteiger partial charge in [0.15, 0.2) is 0 Å². The first kappa shape index (κ1) is 18.2. The molecule has 132 valence electrons. The summed E-state index contributed by atoms with van der Waals surface area (Å²) in [5.41, 5.74) is 0.572. The van der Waals surface area contributed by atoms with E-state index in [0.29, 0.717) is 0 Å². The number of fused-ring (bicyclic) bond motifs is 3. The number of carbonyl (C=O) groups excluding carboxylic acids is 1. The molecule has 0 N–H and O–H groups in total. The molecule has 0 radical (unpaired) electrons. The predicted molar refractivity (Wildman–Crippen MR) is 102 cm³/mol. The van der Waals surface area contributed by atoms with Crippen molar-refractivity contribution < 1.29 is 4.79 Å². The first-order valence-corrected chi connectivity index (χ1v) is 10.2. The second-order valence-corrected chi connectivity index (χ2v) is 8.93. The molecule has 0 unspecified atom stereocenters. The lowest BCUT2D eigenvalue weighted by Gasteiger charge is -2.29. The lowest BCUT2D eigenvalue weighted by Crippen LogP contribution is -2.44. The molecule has 0 saturated heterocycles. The standard InChI is InChI=1S/C18H22N4OS2/c1-11-20-16(24-9-14(23)22(4)18(2,3)10-19)15-12-7-5-6-8-13(12)25-17(15)21-11/h5-9H2,1-4H3. The summed E-state index contributed by atoms with van der Waals surface area (Å²) < 4.78 is 0. The van der Waals surface area contributed by atoms with Gasteiger partial charge in [-0.15, -0.1) is 11.3 Å². The highest BCUT2D eigenvalue weighted by atomic mass is 32.2. The molecule has 0 saturated carbocycles. The molecule has 0 fully saturated rings. The van der Waals surface area contributed by atoms with Gasteiger partial charge in [-0.1, -0.05) is 11.8 Å². The third kappa shape index (κ3) is 3.51. The van der Waals surface area contributed by atoms with Crippen LogP contribution in [0, 0.1) is 18.3 Å². The Hall–Kier alpha value is -1.65. The molecule has 5 nitrogen and oxygen atoms in total. The van der Waals surface area contributed by atoms with Gasteiger partial charge in [0.05, 0.1) is 11.8 Å². The molecular formula is C18H22N4OS2. The molecule has 0 atom stereocenters. The third-order valence-electron chi connectivity index (χ3n) is 4.71. The van der Waals surface area contributed by atoms with Crippen molar-refractivity contribution in [1.29, 1.82) is 5.26 Å².